The average Bonchev–Trinajstić information content (AvgIpc) is 2.60. The van der Waals surface area contributed by atoms with Crippen molar-refractivity contribution in [2.75, 3.05) is 5.75 Å². The summed E-state index contributed by atoms with van der Waals surface area (Å²) in [4.78, 5) is 0. The van der Waals surface area contributed by atoms with Gasteiger partial charge in [0.05, 0.1) is 5.75 Å². The fourth-order valence-electron chi connectivity index (χ4n) is 4.78. The number of rotatable bonds is 8. The molecule has 5 heteroatoms. The van der Waals surface area contributed by atoms with Gasteiger partial charge in [0.2, 0.25) is 0 Å². The van der Waals surface area contributed by atoms with Crippen LogP contribution in [0.4, 0.5) is 0 Å². The number of ether oxygens (including phenoxy) is 1. The van der Waals surface area contributed by atoms with Crippen molar-refractivity contribution < 1.29 is 17.3 Å². The zero-order chi connectivity index (χ0) is 21.2. The van der Waals surface area contributed by atoms with Crippen LogP contribution in [-0.2, 0) is 16.5 Å². The Morgan fingerprint density at radius 1 is 1.17 bits per heavy atom. The van der Waals surface area contributed by atoms with Gasteiger partial charge in [0.15, 0.2) is 0 Å². The second-order valence-corrected chi connectivity index (χ2v) is 10.9. The van der Waals surface area contributed by atoms with Crippen LogP contribution in [0.1, 0.15) is 90.2 Å². The Bertz CT molecular complexity index is 867. The van der Waals surface area contributed by atoms with Gasteiger partial charge in [0.1, 0.15) is 17.1 Å². The van der Waals surface area contributed by atoms with E-state index >= 15 is 0 Å². The first-order valence-corrected chi connectivity index (χ1v) is 12.7. The van der Waals surface area contributed by atoms with Crippen molar-refractivity contribution >= 4 is 10.1 Å². The normalized spacial score (nSPS) is 22.9. The van der Waals surface area contributed by atoms with Gasteiger partial charge in [-0.1, -0.05) is 38.3 Å². The molecule has 2 aliphatic rings. The number of aryl methyl sites for hydroxylation is 1. The zero-order valence-electron chi connectivity index (χ0n) is 18.6. The summed E-state index contributed by atoms with van der Waals surface area (Å²) in [6, 6.07) is 4.05. The fraction of sp³-hybridized carbons (Fsp3) is 0.667. The highest BCUT2D eigenvalue weighted by atomic mass is 32.2. The minimum atomic E-state index is -3.62. The van der Waals surface area contributed by atoms with Gasteiger partial charge in [0, 0.05) is 17.4 Å². The summed E-state index contributed by atoms with van der Waals surface area (Å²) in [5.74, 6) is 1.72. The average molecular weight is 421 g/mol. The highest BCUT2D eigenvalue weighted by Gasteiger charge is 2.45. The first kappa shape index (κ1) is 22.2. The van der Waals surface area contributed by atoms with E-state index in [-0.39, 0.29) is 17.3 Å². The van der Waals surface area contributed by atoms with Crippen molar-refractivity contribution in [3.8, 4) is 11.5 Å². The summed E-state index contributed by atoms with van der Waals surface area (Å²) >= 11 is 0. The molecule has 0 aromatic heterocycles. The van der Waals surface area contributed by atoms with E-state index in [2.05, 4.69) is 39.8 Å². The minimum Gasteiger partial charge on any atom is -0.487 e. The van der Waals surface area contributed by atoms with Gasteiger partial charge >= 0.3 is 10.1 Å². The van der Waals surface area contributed by atoms with Gasteiger partial charge in [-0.15, -0.1) is 0 Å². The van der Waals surface area contributed by atoms with E-state index in [1.54, 1.807) is 0 Å². The number of allylic oxidation sites excluding steroid dienone is 2. The lowest BCUT2D eigenvalue weighted by Crippen LogP contribution is -2.45. The molecule has 1 aliphatic heterocycles. The number of unbranched alkanes of at least 4 members (excludes halogenated alkanes) is 2. The van der Waals surface area contributed by atoms with E-state index in [1.165, 1.54) is 5.57 Å². The Hall–Kier alpha value is -1.49. The summed E-state index contributed by atoms with van der Waals surface area (Å²) in [6.07, 6.45) is 9.21. The van der Waals surface area contributed by atoms with Gasteiger partial charge in [-0.3, -0.25) is 0 Å². The third-order valence-corrected chi connectivity index (χ3v) is 7.59. The first-order chi connectivity index (χ1) is 13.7. The van der Waals surface area contributed by atoms with Gasteiger partial charge in [-0.05, 0) is 70.6 Å². The quantitative estimate of drug-likeness (QED) is 0.287. The van der Waals surface area contributed by atoms with Crippen molar-refractivity contribution in [1.29, 1.82) is 0 Å². The smallest absolute Gasteiger partial charge is 0.309 e. The maximum Gasteiger partial charge on any atom is 0.309 e. The summed E-state index contributed by atoms with van der Waals surface area (Å²) in [5, 5.41) is 0. The summed E-state index contributed by atoms with van der Waals surface area (Å²) in [7, 11) is -3.62. The number of fused-ring (bicyclic) bond motifs is 3. The third kappa shape index (κ3) is 4.99. The molecule has 2 atom stereocenters. The Balaban J connectivity index is 2.10. The molecule has 162 valence electrons. The van der Waals surface area contributed by atoms with Crippen LogP contribution in [-0.4, -0.2) is 19.8 Å². The van der Waals surface area contributed by atoms with E-state index < -0.39 is 10.1 Å². The van der Waals surface area contributed by atoms with Crippen molar-refractivity contribution in [3.05, 3.63) is 34.9 Å². The second kappa shape index (κ2) is 8.71. The van der Waals surface area contributed by atoms with Crippen LogP contribution in [0.5, 0.6) is 11.5 Å². The van der Waals surface area contributed by atoms with Gasteiger partial charge in [-0.25, -0.2) is 0 Å². The zero-order valence-corrected chi connectivity index (χ0v) is 19.4. The van der Waals surface area contributed by atoms with Crippen LogP contribution in [0.15, 0.2) is 23.8 Å². The van der Waals surface area contributed by atoms with E-state index in [9.17, 15) is 8.42 Å². The largest absolute Gasteiger partial charge is 0.487 e. The molecule has 1 aromatic carbocycles. The summed E-state index contributed by atoms with van der Waals surface area (Å²) in [6.45, 7) is 10.5. The maximum absolute atomic E-state index is 12.5. The lowest BCUT2D eigenvalue weighted by molar-refractivity contribution is 0.0110. The predicted molar refractivity (Wildman–Crippen MR) is 118 cm³/mol. The SMILES string of the molecule is CCCCCc1cc2c(c(OS(=O)(=O)CCC)c1)[C@@H]1C=C(C)CC[C@H]1C(C)(C)O2. The van der Waals surface area contributed by atoms with Crippen LogP contribution in [0.3, 0.4) is 0 Å². The van der Waals surface area contributed by atoms with E-state index in [1.807, 2.05) is 13.0 Å². The standard InChI is InChI=1S/C24H36O4S/c1-6-8-9-10-18-15-21-23(22(16-18)28-29(25,26)13-7-2)19-14-17(3)11-12-20(19)24(4,5)27-21/h14-16,19-20H,6-13H2,1-5H3/t19-,20-/m1/s1. The third-order valence-electron chi connectivity index (χ3n) is 6.25. The highest BCUT2D eigenvalue weighted by Crippen LogP contribution is 2.54. The van der Waals surface area contributed by atoms with Crippen molar-refractivity contribution in [3.63, 3.8) is 0 Å². The Morgan fingerprint density at radius 2 is 1.93 bits per heavy atom. The molecule has 29 heavy (non-hydrogen) atoms. The molecule has 0 saturated carbocycles. The highest BCUT2D eigenvalue weighted by molar-refractivity contribution is 7.87. The van der Waals surface area contributed by atoms with Gasteiger partial charge in [0.25, 0.3) is 0 Å². The van der Waals surface area contributed by atoms with Crippen LogP contribution >= 0.6 is 0 Å². The number of hydrogen-bond acceptors (Lipinski definition) is 4. The number of hydrogen-bond donors (Lipinski definition) is 0. The van der Waals surface area contributed by atoms with Crippen LogP contribution in [0.2, 0.25) is 0 Å². The molecule has 1 heterocycles. The molecule has 0 bridgehead atoms. The fourth-order valence-corrected chi connectivity index (χ4v) is 5.78. The number of benzene rings is 1. The van der Waals surface area contributed by atoms with Crippen molar-refractivity contribution in [2.24, 2.45) is 5.92 Å². The van der Waals surface area contributed by atoms with E-state index in [4.69, 9.17) is 8.92 Å². The van der Waals surface area contributed by atoms with Gasteiger partial charge < -0.3 is 8.92 Å². The molecule has 0 amide bonds. The Morgan fingerprint density at radius 3 is 2.62 bits per heavy atom. The Labute approximate surface area is 176 Å². The molecule has 0 fully saturated rings. The lowest BCUT2D eigenvalue weighted by Gasteiger charge is -2.46. The summed E-state index contributed by atoms with van der Waals surface area (Å²) < 4.78 is 37.2. The molecular weight excluding hydrogens is 384 g/mol. The van der Waals surface area contributed by atoms with Crippen molar-refractivity contribution in [2.45, 2.75) is 91.1 Å². The summed E-state index contributed by atoms with van der Waals surface area (Å²) in [5.41, 5.74) is 3.05. The van der Waals surface area contributed by atoms with Crippen LogP contribution < -0.4 is 8.92 Å². The molecule has 0 unspecified atom stereocenters. The molecular formula is C24H36O4S. The molecule has 1 aliphatic carbocycles. The molecule has 0 saturated heterocycles. The second-order valence-electron chi connectivity index (χ2n) is 9.20. The molecule has 3 rings (SSSR count). The molecule has 4 nitrogen and oxygen atoms in total. The first-order valence-electron chi connectivity index (χ1n) is 11.1. The maximum atomic E-state index is 12.5. The lowest BCUT2D eigenvalue weighted by atomic mass is 9.68. The van der Waals surface area contributed by atoms with Crippen LogP contribution in [0, 0.1) is 5.92 Å². The van der Waals surface area contributed by atoms with Crippen molar-refractivity contribution in [1.82, 2.24) is 0 Å². The van der Waals surface area contributed by atoms with Crippen LogP contribution in [0.25, 0.3) is 0 Å². The van der Waals surface area contributed by atoms with E-state index in [0.717, 1.165) is 55.4 Å². The molecule has 0 radical (unpaired) electrons. The molecule has 0 spiro atoms. The Kier molecular flexibility index (Phi) is 6.67. The predicted octanol–water partition coefficient (Wildman–Crippen LogP) is 6.15. The molecule has 1 aromatic rings. The minimum absolute atomic E-state index is 0.0249. The van der Waals surface area contributed by atoms with Gasteiger partial charge in [-0.2, -0.15) is 8.42 Å². The monoisotopic (exact) mass is 420 g/mol. The van der Waals surface area contributed by atoms with E-state index in [0.29, 0.717) is 18.1 Å². The molecule has 0 N–H and O–H groups in total. The topological polar surface area (TPSA) is 52.6 Å².